The molecule has 0 aliphatic carbocycles. The van der Waals surface area contributed by atoms with E-state index in [0.717, 1.165) is 47.2 Å². The number of halogens is 1. The molecule has 0 radical (unpaired) electrons. The molecule has 5 rings (SSSR count). The molecule has 8 heteroatoms. The lowest BCUT2D eigenvalue weighted by atomic mass is 10.1. The number of aryl methyl sites for hydroxylation is 1. The SMILES string of the molecule is Cc1cccc2c(-c3nc(-c4c(N)ccc(N5CCC(N(C)C)C5)c4N)ncc3Cl)c[nH]c12. The second kappa shape index (κ2) is 8.24. The Morgan fingerprint density at radius 2 is 2.00 bits per heavy atom. The summed E-state index contributed by atoms with van der Waals surface area (Å²) in [5.41, 5.74) is 19.6. The predicted molar refractivity (Wildman–Crippen MR) is 138 cm³/mol. The Kier molecular flexibility index (Phi) is 5.38. The third kappa shape index (κ3) is 3.67. The minimum atomic E-state index is 0.469. The highest BCUT2D eigenvalue weighted by Gasteiger charge is 2.27. The smallest absolute Gasteiger partial charge is 0.164 e. The maximum atomic E-state index is 6.68. The number of nitrogens with one attached hydrogen (secondary N) is 1. The van der Waals surface area contributed by atoms with E-state index in [1.165, 1.54) is 0 Å². The Morgan fingerprint density at radius 1 is 1.18 bits per heavy atom. The number of anilines is 3. The number of benzene rings is 2. The summed E-state index contributed by atoms with van der Waals surface area (Å²) >= 11 is 6.56. The van der Waals surface area contributed by atoms with Crippen molar-refractivity contribution in [2.75, 3.05) is 43.6 Å². The lowest BCUT2D eigenvalue weighted by molar-refractivity contribution is 0.315. The lowest BCUT2D eigenvalue weighted by Gasteiger charge is -2.24. The molecule has 1 aliphatic rings. The van der Waals surface area contributed by atoms with Crippen LogP contribution in [0.2, 0.25) is 5.02 Å². The largest absolute Gasteiger partial charge is 0.398 e. The number of nitrogens with zero attached hydrogens (tertiary/aromatic N) is 4. The highest BCUT2D eigenvalue weighted by Crippen LogP contribution is 2.40. The molecule has 4 aromatic rings. The Morgan fingerprint density at radius 3 is 2.76 bits per heavy atom. The Hall–Kier alpha value is -3.29. The van der Waals surface area contributed by atoms with Gasteiger partial charge < -0.3 is 26.3 Å². The quantitative estimate of drug-likeness (QED) is 0.385. The van der Waals surface area contributed by atoms with Crippen molar-refractivity contribution in [3.8, 4) is 22.6 Å². The van der Waals surface area contributed by atoms with Gasteiger partial charge in [-0.1, -0.05) is 29.8 Å². The molecule has 170 valence electrons. The van der Waals surface area contributed by atoms with Gasteiger partial charge in [-0.25, -0.2) is 9.97 Å². The summed E-state index contributed by atoms with van der Waals surface area (Å²) in [5.74, 6) is 0.469. The number of H-pyrrole nitrogens is 1. The summed E-state index contributed by atoms with van der Waals surface area (Å²) in [6.07, 6.45) is 4.65. The molecule has 0 spiro atoms. The molecular weight excluding hydrogens is 434 g/mol. The molecule has 0 saturated carbocycles. The van der Waals surface area contributed by atoms with Crippen molar-refractivity contribution in [3.05, 3.63) is 53.3 Å². The van der Waals surface area contributed by atoms with Crippen LogP contribution in [0.5, 0.6) is 0 Å². The van der Waals surface area contributed by atoms with Crippen molar-refractivity contribution < 1.29 is 0 Å². The zero-order chi connectivity index (χ0) is 23.3. The van der Waals surface area contributed by atoms with Gasteiger partial charge in [-0.05, 0) is 45.1 Å². The predicted octanol–water partition coefficient (Wildman–Crippen LogP) is 4.56. The van der Waals surface area contributed by atoms with Crippen molar-refractivity contribution >= 4 is 39.6 Å². The Bertz CT molecular complexity index is 1340. The van der Waals surface area contributed by atoms with Crippen LogP contribution in [0.3, 0.4) is 0 Å². The monoisotopic (exact) mass is 461 g/mol. The van der Waals surface area contributed by atoms with Gasteiger partial charge in [0.2, 0.25) is 0 Å². The zero-order valence-electron chi connectivity index (χ0n) is 19.1. The number of nitrogens with two attached hydrogens (primary N) is 2. The molecule has 1 fully saturated rings. The highest BCUT2D eigenvalue weighted by atomic mass is 35.5. The average Bonchev–Trinajstić information content (AvgIpc) is 3.43. The van der Waals surface area contributed by atoms with Crippen LogP contribution in [-0.2, 0) is 0 Å². The summed E-state index contributed by atoms with van der Waals surface area (Å²) in [4.78, 5) is 17.3. The van der Waals surface area contributed by atoms with Crippen LogP contribution in [0.4, 0.5) is 17.1 Å². The van der Waals surface area contributed by atoms with Gasteiger partial charge in [0.15, 0.2) is 5.82 Å². The molecule has 1 unspecified atom stereocenters. The maximum Gasteiger partial charge on any atom is 0.164 e. The first kappa shape index (κ1) is 21.6. The fraction of sp³-hybridized carbons (Fsp3) is 0.280. The highest BCUT2D eigenvalue weighted by molar-refractivity contribution is 6.33. The Balaban J connectivity index is 1.60. The first-order valence-corrected chi connectivity index (χ1v) is 11.4. The third-order valence-corrected chi connectivity index (χ3v) is 6.91. The molecule has 0 bridgehead atoms. The first-order chi connectivity index (χ1) is 15.8. The summed E-state index contributed by atoms with van der Waals surface area (Å²) in [5, 5.41) is 1.53. The van der Waals surface area contributed by atoms with Gasteiger partial charge in [-0.2, -0.15) is 0 Å². The van der Waals surface area contributed by atoms with Crippen molar-refractivity contribution in [1.29, 1.82) is 0 Å². The number of nitrogen functional groups attached to an aromatic ring is 2. The minimum Gasteiger partial charge on any atom is -0.398 e. The molecule has 33 heavy (non-hydrogen) atoms. The summed E-state index contributed by atoms with van der Waals surface area (Å²) in [6, 6.07) is 10.5. The molecule has 1 aliphatic heterocycles. The number of rotatable bonds is 4. The van der Waals surface area contributed by atoms with E-state index in [1.54, 1.807) is 6.20 Å². The zero-order valence-corrected chi connectivity index (χ0v) is 19.8. The maximum absolute atomic E-state index is 6.68. The van der Waals surface area contributed by atoms with Gasteiger partial charge in [0, 0.05) is 47.5 Å². The van der Waals surface area contributed by atoms with E-state index in [0.29, 0.717) is 39.5 Å². The summed E-state index contributed by atoms with van der Waals surface area (Å²) in [7, 11) is 4.22. The fourth-order valence-electron chi connectivity index (χ4n) is 4.71. The van der Waals surface area contributed by atoms with Crippen LogP contribution < -0.4 is 16.4 Å². The van der Waals surface area contributed by atoms with E-state index in [4.69, 9.17) is 28.1 Å². The van der Waals surface area contributed by atoms with E-state index >= 15 is 0 Å². The van der Waals surface area contributed by atoms with Crippen molar-refractivity contribution in [3.63, 3.8) is 0 Å². The second-order valence-electron chi connectivity index (χ2n) is 8.90. The normalized spacial score (nSPS) is 16.3. The van der Waals surface area contributed by atoms with Gasteiger partial charge >= 0.3 is 0 Å². The van der Waals surface area contributed by atoms with E-state index in [9.17, 15) is 0 Å². The molecule has 7 nitrogen and oxygen atoms in total. The molecular formula is C25H28ClN7. The van der Waals surface area contributed by atoms with Crippen molar-refractivity contribution in [2.45, 2.75) is 19.4 Å². The second-order valence-corrected chi connectivity index (χ2v) is 9.31. The van der Waals surface area contributed by atoms with Crippen LogP contribution in [0, 0.1) is 6.92 Å². The standard InChI is InChI=1S/C25H28ClN7/c1-14-5-4-6-16-17(11-29-23(14)16)24-18(26)12-30-25(31-24)21-19(27)7-8-20(22(21)28)33-10-9-15(13-33)32(2)3/h4-8,11-12,15,29H,9-10,13,27-28H2,1-3H3. The third-order valence-electron chi connectivity index (χ3n) is 6.64. The molecule has 1 saturated heterocycles. The number of hydrogen-bond acceptors (Lipinski definition) is 6. The topological polar surface area (TPSA) is 100 Å². The summed E-state index contributed by atoms with van der Waals surface area (Å²) < 4.78 is 0. The number of hydrogen-bond donors (Lipinski definition) is 3. The van der Waals surface area contributed by atoms with Crippen molar-refractivity contribution in [2.24, 2.45) is 0 Å². The van der Waals surface area contributed by atoms with Gasteiger partial charge in [0.25, 0.3) is 0 Å². The molecule has 1 atom stereocenters. The van der Waals surface area contributed by atoms with Crippen molar-refractivity contribution in [1.82, 2.24) is 19.9 Å². The van der Waals surface area contributed by atoms with Crippen LogP contribution in [0.25, 0.3) is 33.5 Å². The number of fused-ring (bicyclic) bond motifs is 1. The summed E-state index contributed by atoms with van der Waals surface area (Å²) in [6.45, 7) is 3.93. The van der Waals surface area contributed by atoms with Gasteiger partial charge in [0.05, 0.1) is 33.9 Å². The van der Waals surface area contributed by atoms with Gasteiger partial charge in [0.1, 0.15) is 0 Å². The van der Waals surface area contributed by atoms with Gasteiger partial charge in [-0.15, -0.1) is 0 Å². The molecule has 5 N–H and O–H groups in total. The number of likely N-dealkylation sites (N-methyl/N-ethyl adjacent to an activating group) is 1. The molecule has 3 heterocycles. The molecule has 2 aromatic carbocycles. The number of para-hydroxylation sites is 1. The van der Waals surface area contributed by atoms with Crippen LogP contribution in [0.1, 0.15) is 12.0 Å². The lowest BCUT2D eigenvalue weighted by Crippen LogP contribution is -2.31. The van der Waals surface area contributed by atoms with E-state index in [1.807, 2.05) is 24.4 Å². The number of aromatic nitrogens is 3. The van der Waals surface area contributed by atoms with Gasteiger partial charge in [-0.3, -0.25) is 0 Å². The van der Waals surface area contributed by atoms with E-state index < -0.39 is 0 Å². The van der Waals surface area contributed by atoms with Crippen LogP contribution in [0.15, 0.2) is 42.7 Å². The Labute approximate surface area is 198 Å². The number of aromatic amines is 1. The molecule has 0 amide bonds. The molecule has 2 aromatic heterocycles. The first-order valence-electron chi connectivity index (χ1n) is 11.0. The van der Waals surface area contributed by atoms with E-state index in [2.05, 4.69) is 52.9 Å². The van der Waals surface area contributed by atoms with Crippen LogP contribution >= 0.6 is 11.6 Å². The fourth-order valence-corrected chi connectivity index (χ4v) is 4.90. The average molecular weight is 462 g/mol. The van der Waals surface area contributed by atoms with Crippen LogP contribution in [-0.4, -0.2) is 53.1 Å². The minimum absolute atomic E-state index is 0.469. The van der Waals surface area contributed by atoms with E-state index in [-0.39, 0.29) is 0 Å².